The van der Waals surface area contributed by atoms with Gasteiger partial charge in [-0.25, -0.2) is 4.79 Å². The van der Waals surface area contributed by atoms with Gasteiger partial charge in [-0.2, -0.15) is 0 Å². The summed E-state index contributed by atoms with van der Waals surface area (Å²) in [6, 6.07) is 9.73. The van der Waals surface area contributed by atoms with E-state index in [1.165, 1.54) is 4.90 Å². The lowest BCUT2D eigenvalue weighted by molar-refractivity contribution is -0.138. The molecule has 0 aliphatic rings. The zero-order valence-electron chi connectivity index (χ0n) is 21.1. The van der Waals surface area contributed by atoms with Crippen molar-refractivity contribution >= 4 is 35.2 Å². The normalized spacial score (nSPS) is 12.0. The van der Waals surface area contributed by atoms with Crippen LogP contribution in [0.5, 0.6) is 0 Å². The second-order valence-corrected chi connectivity index (χ2v) is 9.76. The Kier molecular flexibility index (Phi) is 9.68. The number of nitrogens with zero attached hydrogens (tertiary/aromatic N) is 1. The number of hydrogen-bond acceptors (Lipinski definition) is 5. The van der Waals surface area contributed by atoms with E-state index in [0.29, 0.717) is 16.3 Å². The molecule has 3 amide bonds. The van der Waals surface area contributed by atoms with E-state index in [-0.39, 0.29) is 13.2 Å². The highest BCUT2D eigenvalue weighted by Crippen LogP contribution is 2.30. The smallest absolute Gasteiger partial charge is 0.408 e. The number of hydrogen-bond donors (Lipinski definition) is 3. The molecule has 190 valence electrons. The van der Waals surface area contributed by atoms with Crippen molar-refractivity contribution in [2.24, 2.45) is 0 Å². The van der Waals surface area contributed by atoms with E-state index < -0.39 is 36.1 Å². The highest BCUT2D eigenvalue weighted by Gasteiger charge is 2.33. The minimum absolute atomic E-state index is 0.123. The molecule has 0 aromatic heterocycles. The number of halogens is 1. The fraction of sp³-hybridized carbons (Fsp3) is 0.423. The zero-order chi connectivity index (χ0) is 26.3. The molecule has 0 aliphatic heterocycles. The summed E-state index contributed by atoms with van der Waals surface area (Å²) in [6.45, 7) is 9.82. The third-order valence-electron chi connectivity index (χ3n) is 5.19. The van der Waals surface area contributed by atoms with Crippen molar-refractivity contribution in [3.63, 3.8) is 0 Å². The van der Waals surface area contributed by atoms with Gasteiger partial charge in [0.25, 0.3) is 5.91 Å². The molecule has 35 heavy (non-hydrogen) atoms. The van der Waals surface area contributed by atoms with Crippen LogP contribution in [0.15, 0.2) is 36.4 Å². The van der Waals surface area contributed by atoms with E-state index in [1.54, 1.807) is 39.0 Å². The lowest BCUT2D eigenvalue weighted by Crippen LogP contribution is -2.47. The Hall–Kier alpha value is -3.10. The molecular weight excluding hydrogens is 470 g/mol. The predicted molar refractivity (Wildman–Crippen MR) is 137 cm³/mol. The van der Waals surface area contributed by atoms with Gasteiger partial charge >= 0.3 is 6.09 Å². The van der Waals surface area contributed by atoms with E-state index in [2.05, 4.69) is 10.6 Å². The van der Waals surface area contributed by atoms with Gasteiger partial charge in [-0.1, -0.05) is 47.5 Å². The number of alkyl carbamates (subject to hydrolysis) is 1. The highest BCUT2D eigenvalue weighted by molar-refractivity contribution is 6.34. The Labute approximate surface area is 211 Å². The average Bonchev–Trinajstić information content (AvgIpc) is 2.74. The highest BCUT2D eigenvalue weighted by atomic mass is 35.5. The molecule has 1 atom stereocenters. The van der Waals surface area contributed by atoms with Gasteiger partial charge in [-0.15, -0.1) is 0 Å². The second kappa shape index (κ2) is 12.0. The zero-order valence-corrected chi connectivity index (χ0v) is 21.8. The first-order valence-electron chi connectivity index (χ1n) is 11.3. The SMILES string of the molecule is Cc1ccc(C(C(=O)Nc2c(C)cccc2Cl)N(CCO)C(=O)CNC(=O)OC(C)(C)C)c(C)c1. The topological polar surface area (TPSA) is 108 Å². The number of nitrogens with one attached hydrogen (secondary N) is 2. The molecule has 0 saturated heterocycles. The van der Waals surface area contributed by atoms with Crippen LogP contribution in [0.3, 0.4) is 0 Å². The maximum atomic E-state index is 13.6. The number of amides is 3. The Morgan fingerprint density at radius 1 is 1.09 bits per heavy atom. The third kappa shape index (κ3) is 7.97. The van der Waals surface area contributed by atoms with Gasteiger partial charge in [-0.05, 0) is 64.3 Å². The van der Waals surface area contributed by atoms with Crippen LogP contribution in [-0.2, 0) is 14.3 Å². The van der Waals surface area contributed by atoms with Gasteiger partial charge in [0, 0.05) is 6.54 Å². The van der Waals surface area contributed by atoms with Gasteiger partial charge in [0.15, 0.2) is 0 Å². The van der Waals surface area contributed by atoms with Crippen LogP contribution < -0.4 is 10.6 Å². The summed E-state index contributed by atoms with van der Waals surface area (Å²) in [6.07, 6.45) is -0.756. The van der Waals surface area contributed by atoms with Crippen molar-refractivity contribution in [2.45, 2.75) is 53.2 Å². The van der Waals surface area contributed by atoms with Crippen LogP contribution in [0.1, 0.15) is 49.1 Å². The van der Waals surface area contributed by atoms with Crippen LogP contribution in [0, 0.1) is 20.8 Å². The molecule has 0 aliphatic carbocycles. The van der Waals surface area contributed by atoms with Crippen molar-refractivity contribution in [3.8, 4) is 0 Å². The molecule has 1 unspecified atom stereocenters. The number of aliphatic hydroxyl groups is 1. The van der Waals surface area contributed by atoms with Crippen molar-refractivity contribution in [1.82, 2.24) is 10.2 Å². The fourth-order valence-electron chi connectivity index (χ4n) is 3.63. The van der Waals surface area contributed by atoms with Gasteiger partial charge in [-0.3, -0.25) is 9.59 Å². The Balaban J connectivity index is 2.42. The summed E-state index contributed by atoms with van der Waals surface area (Å²) in [5.41, 5.74) is 2.87. The van der Waals surface area contributed by atoms with Crippen molar-refractivity contribution < 1.29 is 24.2 Å². The molecule has 0 radical (unpaired) electrons. The number of aliphatic hydroxyl groups excluding tert-OH is 1. The van der Waals surface area contributed by atoms with Crippen LogP contribution >= 0.6 is 11.6 Å². The number of ether oxygens (including phenoxy) is 1. The third-order valence-corrected chi connectivity index (χ3v) is 5.51. The summed E-state index contributed by atoms with van der Waals surface area (Å²) in [5.74, 6) is -1.05. The average molecular weight is 504 g/mol. The quantitative estimate of drug-likeness (QED) is 0.498. The van der Waals surface area contributed by atoms with E-state index in [9.17, 15) is 19.5 Å². The summed E-state index contributed by atoms with van der Waals surface area (Å²) in [5, 5.41) is 15.4. The summed E-state index contributed by atoms with van der Waals surface area (Å²) >= 11 is 6.32. The molecule has 2 aromatic carbocycles. The molecule has 2 aromatic rings. The number of aryl methyl sites for hydroxylation is 3. The maximum Gasteiger partial charge on any atom is 0.408 e. The summed E-state index contributed by atoms with van der Waals surface area (Å²) < 4.78 is 5.19. The minimum Gasteiger partial charge on any atom is -0.444 e. The lowest BCUT2D eigenvalue weighted by atomic mass is 9.96. The molecule has 0 heterocycles. The molecule has 9 heteroatoms. The van der Waals surface area contributed by atoms with Gasteiger partial charge in [0.05, 0.1) is 17.3 Å². The molecule has 0 fully saturated rings. The Bertz CT molecular complexity index is 1060. The molecule has 3 N–H and O–H groups in total. The Morgan fingerprint density at radius 3 is 2.34 bits per heavy atom. The van der Waals surface area contributed by atoms with E-state index in [0.717, 1.165) is 16.7 Å². The van der Waals surface area contributed by atoms with Crippen LogP contribution in [0.4, 0.5) is 10.5 Å². The first-order chi connectivity index (χ1) is 16.3. The summed E-state index contributed by atoms with van der Waals surface area (Å²) in [4.78, 5) is 40.2. The molecule has 0 bridgehead atoms. The first kappa shape index (κ1) is 28.1. The van der Waals surface area contributed by atoms with E-state index in [1.807, 2.05) is 39.0 Å². The van der Waals surface area contributed by atoms with Gasteiger partial charge in [0.1, 0.15) is 18.2 Å². The van der Waals surface area contributed by atoms with Crippen molar-refractivity contribution in [3.05, 3.63) is 63.7 Å². The number of para-hydroxylation sites is 1. The lowest BCUT2D eigenvalue weighted by Gasteiger charge is -2.32. The fourth-order valence-corrected chi connectivity index (χ4v) is 3.90. The number of benzene rings is 2. The molecule has 0 spiro atoms. The van der Waals surface area contributed by atoms with Gasteiger partial charge in [0.2, 0.25) is 5.91 Å². The monoisotopic (exact) mass is 503 g/mol. The van der Waals surface area contributed by atoms with Crippen molar-refractivity contribution in [1.29, 1.82) is 0 Å². The van der Waals surface area contributed by atoms with E-state index >= 15 is 0 Å². The first-order valence-corrected chi connectivity index (χ1v) is 11.7. The summed E-state index contributed by atoms with van der Waals surface area (Å²) in [7, 11) is 0. The number of anilines is 1. The molecular formula is C26H34ClN3O5. The molecule has 8 nitrogen and oxygen atoms in total. The number of carbonyl (C=O) groups is 3. The second-order valence-electron chi connectivity index (χ2n) is 9.35. The molecule has 2 rings (SSSR count). The predicted octanol–water partition coefficient (Wildman–Crippen LogP) is 4.29. The number of rotatable bonds is 8. The van der Waals surface area contributed by atoms with Crippen molar-refractivity contribution in [2.75, 3.05) is 25.0 Å². The van der Waals surface area contributed by atoms with Crippen LogP contribution in [0.2, 0.25) is 5.02 Å². The molecule has 0 saturated carbocycles. The minimum atomic E-state index is -1.08. The Morgan fingerprint density at radius 2 is 1.77 bits per heavy atom. The number of carbonyl (C=O) groups excluding carboxylic acids is 3. The van der Waals surface area contributed by atoms with Gasteiger partial charge < -0.3 is 25.4 Å². The largest absolute Gasteiger partial charge is 0.444 e. The van der Waals surface area contributed by atoms with Crippen LogP contribution in [-0.4, -0.2) is 53.2 Å². The maximum absolute atomic E-state index is 13.6. The van der Waals surface area contributed by atoms with E-state index in [4.69, 9.17) is 16.3 Å². The standard InChI is InChI=1S/C26H34ClN3O5/c1-16-10-11-19(18(3)14-16)23(24(33)29-22-17(2)8-7-9-20(22)27)30(12-13-31)21(32)15-28-25(34)35-26(4,5)6/h7-11,14,23,31H,12-13,15H2,1-6H3,(H,28,34)(H,29,33). The van der Waals surface area contributed by atoms with Crippen LogP contribution in [0.25, 0.3) is 0 Å².